The van der Waals surface area contributed by atoms with Crippen LogP contribution in [-0.2, 0) is 0 Å². The van der Waals surface area contributed by atoms with Crippen molar-refractivity contribution in [3.8, 4) is 0 Å². The number of benzene rings is 1. The second kappa shape index (κ2) is 3.99. The lowest BCUT2D eigenvalue weighted by atomic mass is 9.90. The minimum atomic E-state index is 0.248. The van der Waals surface area contributed by atoms with Gasteiger partial charge >= 0.3 is 0 Å². The summed E-state index contributed by atoms with van der Waals surface area (Å²) in [5.74, 6) is 0.889. The molecule has 0 N–H and O–H groups in total. The maximum Gasteiger partial charge on any atom is 0.256 e. The molecular formula is C16H20N2O. The predicted octanol–water partition coefficient (Wildman–Crippen LogP) is 2.52. The van der Waals surface area contributed by atoms with Gasteiger partial charge in [-0.3, -0.25) is 4.79 Å². The number of carbonyl (C=O) groups is 1. The standard InChI is InChI=1S/C16H20N2O/c1-11-6-7-12-8-13-10-17(13)15-5-3-2-4-14(15)16(19)18(12)9-11/h2-5,11-13H,6-10H2,1H3. The van der Waals surface area contributed by atoms with E-state index in [0.717, 1.165) is 30.8 Å². The number of carbonyl (C=O) groups excluding carboxylic acids is 1. The number of para-hydroxylation sites is 1. The van der Waals surface area contributed by atoms with Crippen LogP contribution >= 0.6 is 0 Å². The molecule has 0 spiro atoms. The third kappa shape index (κ3) is 1.75. The summed E-state index contributed by atoms with van der Waals surface area (Å²) in [4.78, 5) is 17.4. The Morgan fingerprint density at radius 3 is 2.79 bits per heavy atom. The van der Waals surface area contributed by atoms with Gasteiger partial charge in [0.15, 0.2) is 0 Å². The Bertz CT molecular complexity index is 527. The maximum atomic E-state index is 12.8. The highest BCUT2D eigenvalue weighted by atomic mass is 16.2. The molecule has 3 aliphatic rings. The summed E-state index contributed by atoms with van der Waals surface area (Å²) >= 11 is 0. The summed E-state index contributed by atoms with van der Waals surface area (Å²) in [6, 6.07) is 9.25. The van der Waals surface area contributed by atoms with Gasteiger partial charge in [-0.2, -0.15) is 0 Å². The van der Waals surface area contributed by atoms with Crippen LogP contribution in [0, 0.1) is 5.92 Å². The fraction of sp³-hybridized carbons (Fsp3) is 0.562. The number of amides is 1. The second-order valence-electron chi connectivity index (χ2n) is 6.35. The van der Waals surface area contributed by atoms with Crippen LogP contribution < -0.4 is 4.90 Å². The zero-order valence-corrected chi connectivity index (χ0v) is 11.4. The van der Waals surface area contributed by atoms with Crippen LogP contribution in [0.2, 0.25) is 0 Å². The molecule has 3 nitrogen and oxygen atoms in total. The predicted molar refractivity (Wildman–Crippen MR) is 75.4 cm³/mol. The number of hydrogen-bond donors (Lipinski definition) is 0. The monoisotopic (exact) mass is 256 g/mol. The fourth-order valence-electron chi connectivity index (χ4n) is 3.75. The number of nitrogens with zero attached hydrogens (tertiary/aromatic N) is 2. The molecule has 3 aliphatic heterocycles. The summed E-state index contributed by atoms with van der Waals surface area (Å²) in [6.07, 6.45) is 3.61. The molecule has 3 atom stereocenters. The van der Waals surface area contributed by atoms with Crippen molar-refractivity contribution in [1.29, 1.82) is 0 Å². The van der Waals surface area contributed by atoms with Gasteiger partial charge in [-0.25, -0.2) is 0 Å². The Labute approximate surface area is 114 Å². The second-order valence-corrected chi connectivity index (χ2v) is 6.35. The average molecular weight is 256 g/mol. The quantitative estimate of drug-likeness (QED) is 0.666. The van der Waals surface area contributed by atoms with Gasteiger partial charge in [0.25, 0.3) is 5.91 Å². The normalized spacial score (nSPS) is 32.9. The molecule has 0 aliphatic carbocycles. The Kier molecular flexibility index (Phi) is 2.38. The lowest BCUT2D eigenvalue weighted by Crippen LogP contribution is -2.48. The molecule has 19 heavy (non-hydrogen) atoms. The SMILES string of the molecule is CC1CCC2CC3CN3c3ccccc3C(=O)N2C1. The van der Waals surface area contributed by atoms with E-state index < -0.39 is 0 Å². The minimum Gasteiger partial charge on any atom is -0.364 e. The zero-order chi connectivity index (χ0) is 13.0. The van der Waals surface area contributed by atoms with Gasteiger partial charge in [-0.15, -0.1) is 0 Å². The van der Waals surface area contributed by atoms with Crippen molar-refractivity contribution < 1.29 is 4.79 Å². The molecule has 2 saturated heterocycles. The Hall–Kier alpha value is -1.51. The molecule has 0 saturated carbocycles. The van der Waals surface area contributed by atoms with Gasteiger partial charge in [-0.05, 0) is 37.3 Å². The third-order valence-corrected chi connectivity index (χ3v) is 4.91. The largest absolute Gasteiger partial charge is 0.364 e. The molecule has 0 bridgehead atoms. The van der Waals surface area contributed by atoms with E-state index in [-0.39, 0.29) is 5.91 Å². The molecule has 3 heterocycles. The maximum absolute atomic E-state index is 12.8. The summed E-state index contributed by atoms with van der Waals surface area (Å²) in [5, 5.41) is 0. The van der Waals surface area contributed by atoms with Gasteiger partial charge in [0, 0.05) is 30.9 Å². The molecule has 0 radical (unpaired) electrons. The smallest absolute Gasteiger partial charge is 0.256 e. The van der Waals surface area contributed by atoms with E-state index in [1.807, 2.05) is 18.2 Å². The van der Waals surface area contributed by atoms with Crippen molar-refractivity contribution in [3.63, 3.8) is 0 Å². The first kappa shape index (κ1) is 11.3. The molecule has 100 valence electrons. The highest BCUT2D eigenvalue weighted by Crippen LogP contribution is 2.39. The zero-order valence-electron chi connectivity index (χ0n) is 11.4. The average Bonchev–Trinajstić information content (AvgIpc) is 3.18. The first-order chi connectivity index (χ1) is 9.24. The molecule has 1 amide bonds. The molecule has 1 aromatic carbocycles. The molecule has 2 fully saturated rings. The van der Waals surface area contributed by atoms with E-state index in [1.54, 1.807) is 0 Å². The van der Waals surface area contributed by atoms with Gasteiger partial charge in [0.2, 0.25) is 0 Å². The van der Waals surface area contributed by atoms with Crippen LogP contribution in [0.15, 0.2) is 24.3 Å². The van der Waals surface area contributed by atoms with Crippen molar-refractivity contribution >= 4 is 11.6 Å². The fourth-order valence-corrected chi connectivity index (χ4v) is 3.75. The van der Waals surface area contributed by atoms with Gasteiger partial charge in [0.1, 0.15) is 0 Å². The Morgan fingerprint density at radius 1 is 1.05 bits per heavy atom. The van der Waals surface area contributed by atoms with E-state index in [4.69, 9.17) is 0 Å². The first-order valence-corrected chi connectivity index (χ1v) is 7.40. The third-order valence-electron chi connectivity index (χ3n) is 4.91. The van der Waals surface area contributed by atoms with Crippen LogP contribution in [0.3, 0.4) is 0 Å². The molecule has 3 heteroatoms. The van der Waals surface area contributed by atoms with E-state index >= 15 is 0 Å². The van der Waals surface area contributed by atoms with Gasteiger partial charge in [0.05, 0.1) is 5.56 Å². The van der Waals surface area contributed by atoms with Crippen molar-refractivity contribution in [1.82, 2.24) is 4.90 Å². The van der Waals surface area contributed by atoms with Gasteiger partial charge in [-0.1, -0.05) is 19.1 Å². The highest BCUT2D eigenvalue weighted by Gasteiger charge is 2.44. The number of anilines is 1. The highest BCUT2D eigenvalue weighted by molar-refractivity contribution is 6.01. The molecule has 4 rings (SSSR count). The van der Waals surface area contributed by atoms with E-state index in [2.05, 4.69) is 22.8 Å². The molecule has 1 aromatic rings. The van der Waals surface area contributed by atoms with E-state index in [0.29, 0.717) is 18.0 Å². The van der Waals surface area contributed by atoms with Crippen LogP contribution in [0.25, 0.3) is 0 Å². The topological polar surface area (TPSA) is 23.3 Å². The summed E-state index contributed by atoms with van der Waals surface area (Å²) in [7, 11) is 0. The van der Waals surface area contributed by atoms with Crippen LogP contribution in [0.5, 0.6) is 0 Å². The van der Waals surface area contributed by atoms with E-state index in [9.17, 15) is 4.79 Å². The van der Waals surface area contributed by atoms with Gasteiger partial charge < -0.3 is 9.80 Å². The Morgan fingerprint density at radius 2 is 1.89 bits per heavy atom. The van der Waals surface area contributed by atoms with Crippen LogP contribution in [-0.4, -0.2) is 36.0 Å². The summed E-state index contributed by atoms with van der Waals surface area (Å²) in [5.41, 5.74) is 2.05. The van der Waals surface area contributed by atoms with Crippen molar-refractivity contribution in [2.24, 2.45) is 5.92 Å². The number of hydrogen-bond acceptors (Lipinski definition) is 2. The van der Waals surface area contributed by atoms with Crippen LogP contribution in [0.4, 0.5) is 5.69 Å². The van der Waals surface area contributed by atoms with Crippen molar-refractivity contribution in [2.75, 3.05) is 18.0 Å². The van der Waals surface area contributed by atoms with Crippen molar-refractivity contribution in [3.05, 3.63) is 29.8 Å². The van der Waals surface area contributed by atoms with Crippen LogP contribution in [0.1, 0.15) is 36.5 Å². The summed E-state index contributed by atoms with van der Waals surface area (Å²) < 4.78 is 0. The first-order valence-electron chi connectivity index (χ1n) is 7.40. The van der Waals surface area contributed by atoms with Crippen molar-refractivity contribution in [2.45, 2.75) is 38.3 Å². The Balaban J connectivity index is 1.76. The number of fused-ring (bicyclic) bond motifs is 4. The molecule has 3 unspecified atom stereocenters. The number of rotatable bonds is 0. The lowest BCUT2D eigenvalue weighted by Gasteiger charge is -2.40. The van der Waals surface area contributed by atoms with E-state index in [1.165, 1.54) is 12.8 Å². The lowest BCUT2D eigenvalue weighted by molar-refractivity contribution is 0.0530. The molecular weight excluding hydrogens is 236 g/mol. The molecule has 0 aromatic heterocycles. The number of piperidine rings is 1. The summed E-state index contributed by atoms with van der Waals surface area (Å²) in [6.45, 7) is 4.33. The minimum absolute atomic E-state index is 0.248.